The molecule has 0 unspecified atom stereocenters. The van der Waals surface area contributed by atoms with Crippen molar-refractivity contribution in [3.05, 3.63) is 35.3 Å². The Kier molecular flexibility index (Phi) is 5.82. The molecule has 7 heteroatoms. The summed E-state index contributed by atoms with van der Waals surface area (Å²) < 4.78 is 14.0. The lowest BCUT2D eigenvalue weighted by Crippen LogP contribution is -2.62. The molecule has 30 heavy (non-hydrogen) atoms. The van der Waals surface area contributed by atoms with Crippen LogP contribution in [0, 0.1) is 18.7 Å². The minimum absolute atomic E-state index is 0.121. The summed E-state index contributed by atoms with van der Waals surface area (Å²) in [5.41, 5.74) is 2.01. The van der Waals surface area contributed by atoms with Crippen LogP contribution < -0.4 is 5.32 Å². The van der Waals surface area contributed by atoms with Crippen LogP contribution in [0.4, 0.5) is 4.39 Å². The number of fused-ring (bicyclic) bond motifs is 1. The molecular weight excluding hydrogens is 383 g/mol. The minimum Gasteiger partial charge on any atom is -0.350 e. The van der Waals surface area contributed by atoms with Crippen LogP contribution >= 0.6 is 0 Å². The summed E-state index contributed by atoms with van der Waals surface area (Å²) in [7, 11) is 1.88. The van der Waals surface area contributed by atoms with E-state index in [1.807, 2.05) is 18.9 Å². The second-order valence-electron chi connectivity index (χ2n) is 8.97. The zero-order valence-corrected chi connectivity index (χ0v) is 18.0. The number of aryl methyl sites for hydroxylation is 1. The maximum Gasteiger partial charge on any atom is 0.267 e. The van der Waals surface area contributed by atoms with E-state index in [1.165, 1.54) is 12.5 Å². The third kappa shape index (κ3) is 4.08. The normalized spacial score (nSPS) is 22.7. The first-order chi connectivity index (χ1) is 14.3. The second kappa shape index (κ2) is 8.38. The average molecular weight is 415 g/mol. The summed E-state index contributed by atoms with van der Waals surface area (Å²) >= 11 is 0. The molecule has 1 saturated heterocycles. The number of nitrogens with zero attached hydrogens (tertiary/aromatic N) is 2. The highest BCUT2D eigenvalue weighted by atomic mass is 19.1. The van der Waals surface area contributed by atoms with E-state index in [2.05, 4.69) is 15.2 Å². The number of halogens is 1. The number of amides is 2. The van der Waals surface area contributed by atoms with Gasteiger partial charge in [-0.15, -0.1) is 0 Å². The smallest absolute Gasteiger partial charge is 0.267 e. The molecular formula is C23H31FN4O2. The number of nitrogens with one attached hydrogen (secondary N) is 2. The van der Waals surface area contributed by atoms with Crippen molar-refractivity contribution in [2.45, 2.75) is 51.6 Å². The van der Waals surface area contributed by atoms with Crippen LogP contribution in [0.15, 0.2) is 18.2 Å². The van der Waals surface area contributed by atoms with Crippen molar-refractivity contribution in [2.75, 3.05) is 26.7 Å². The van der Waals surface area contributed by atoms with Gasteiger partial charge in [-0.2, -0.15) is 0 Å². The second-order valence-corrected chi connectivity index (χ2v) is 8.97. The Morgan fingerprint density at radius 2 is 2.07 bits per heavy atom. The van der Waals surface area contributed by atoms with Gasteiger partial charge in [0.2, 0.25) is 5.91 Å². The molecule has 1 saturated carbocycles. The number of benzene rings is 1. The number of H-pyrrole nitrogens is 1. The summed E-state index contributed by atoms with van der Waals surface area (Å²) in [6.45, 7) is 6.04. The zero-order valence-electron chi connectivity index (χ0n) is 18.0. The Balaban J connectivity index is 1.30. The molecule has 0 spiro atoms. The topological polar surface area (TPSA) is 68.4 Å². The van der Waals surface area contributed by atoms with Gasteiger partial charge in [0.1, 0.15) is 11.5 Å². The predicted molar refractivity (Wildman–Crippen MR) is 115 cm³/mol. The lowest BCUT2D eigenvalue weighted by Gasteiger charge is -2.49. The summed E-state index contributed by atoms with van der Waals surface area (Å²) in [5, 5.41) is 3.50. The maximum absolute atomic E-state index is 14.0. The summed E-state index contributed by atoms with van der Waals surface area (Å²) in [5.74, 6) is 0.0691. The van der Waals surface area contributed by atoms with Crippen molar-refractivity contribution in [2.24, 2.45) is 5.92 Å². The fourth-order valence-corrected chi connectivity index (χ4v) is 4.85. The van der Waals surface area contributed by atoms with Crippen LogP contribution in [0.5, 0.6) is 0 Å². The lowest BCUT2D eigenvalue weighted by molar-refractivity contribution is -0.134. The first-order valence-electron chi connectivity index (χ1n) is 10.9. The molecule has 1 aromatic heterocycles. The van der Waals surface area contributed by atoms with Crippen molar-refractivity contribution in [1.29, 1.82) is 0 Å². The van der Waals surface area contributed by atoms with Crippen molar-refractivity contribution < 1.29 is 14.0 Å². The fourth-order valence-electron chi connectivity index (χ4n) is 4.85. The molecule has 2 atom stereocenters. The Labute approximate surface area is 176 Å². The van der Waals surface area contributed by atoms with Crippen LogP contribution in [0.3, 0.4) is 0 Å². The van der Waals surface area contributed by atoms with E-state index in [1.54, 1.807) is 19.1 Å². The van der Waals surface area contributed by atoms with Gasteiger partial charge in [-0.3, -0.25) is 14.5 Å². The number of hydrogen-bond donors (Lipinski definition) is 2. The van der Waals surface area contributed by atoms with Crippen molar-refractivity contribution in [3.8, 4) is 0 Å². The molecule has 2 aliphatic rings. The van der Waals surface area contributed by atoms with Crippen LogP contribution in [0.25, 0.3) is 10.9 Å². The first kappa shape index (κ1) is 20.8. The monoisotopic (exact) mass is 414 g/mol. The SMILES string of the molecule is CC(=O)N(C)C1CN([C@H]2CCC[C@@H](CNC(=O)c3cc4c(F)ccc(C)c4[nH]3)C2)C1. The molecule has 2 heterocycles. The fraction of sp³-hybridized carbons (Fsp3) is 0.565. The van der Waals surface area contributed by atoms with Gasteiger partial charge in [0.25, 0.3) is 5.91 Å². The highest BCUT2D eigenvalue weighted by Crippen LogP contribution is 2.31. The third-order valence-corrected chi connectivity index (χ3v) is 6.95. The number of likely N-dealkylation sites (tertiary alicyclic amines) is 1. The van der Waals surface area contributed by atoms with Crippen LogP contribution in [-0.2, 0) is 4.79 Å². The molecule has 1 aromatic carbocycles. The molecule has 6 nitrogen and oxygen atoms in total. The molecule has 0 radical (unpaired) electrons. The van der Waals surface area contributed by atoms with Crippen molar-refractivity contribution in [3.63, 3.8) is 0 Å². The number of hydrogen-bond acceptors (Lipinski definition) is 3. The van der Waals surface area contributed by atoms with E-state index in [0.29, 0.717) is 41.1 Å². The van der Waals surface area contributed by atoms with E-state index >= 15 is 0 Å². The zero-order chi connectivity index (χ0) is 21.4. The number of likely N-dealkylation sites (N-methyl/N-ethyl adjacent to an activating group) is 1. The molecule has 2 fully saturated rings. The maximum atomic E-state index is 14.0. The number of aromatic amines is 1. The quantitative estimate of drug-likeness (QED) is 0.790. The standard InChI is InChI=1S/C23H31FN4O2/c1-14-7-8-20(24)19-10-21(26-22(14)19)23(30)25-11-16-5-4-6-17(9-16)28-12-18(13-28)27(3)15(2)29/h7-8,10,16-18,26H,4-6,9,11-13H2,1-3H3,(H,25,30)/t16-,17+/m1/s1. The van der Waals surface area contributed by atoms with Crippen LogP contribution in [0.1, 0.15) is 48.7 Å². The van der Waals surface area contributed by atoms with E-state index in [9.17, 15) is 14.0 Å². The Bertz CT molecular complexity index is 911. The number of carbonyl (C=O) groups is 2. The summed E-state index contributed by atoms with van der Waals surface area (Å²) in [4.78, 5) is 31.5. The molecule has 2 aromatic rings. The van der Waals surface area contributed by atoms with Gasteiger partial charge >= 0.3 is 0 Å². The van der Waals surface area contributed by atoms with Crippen LogP contribution in [-0.4, -0.2) is 65.4 Å². The Morgan fingerprint density at radius 3 is 2.77 bits per heavy atom. The predicted octanol–water partition coefficient (Wildman–Crippen LogP) is 3.07. The Morgan fingerprint density at radius 1 is 1.30 bits per heavy atom. The van der Waals surface area contributed by atoms with Gasteiger partial charge in [0, 0.05) is 45.0 Å². The van der Waals surface area contributed by atoms with Gasteiger partial charge < -0.3 is 15.2 Å². The van der Waals surface area contributed by atoms with Crippen molar-refractivity contribution >= 4 is 22.7 Å². The van der Waals surface area contributed by atoms with Crippen molar-refractivity contribution in [1.82, 2.24) is 20.1 Å². The van der Waals surface area contributed by atoms with E-state index < -0.39 is 0 Å². The highest BCUT2D eigenvalue weighted by molar-refractivity contribution is 5.98. The summed E-state index contributed by atoms with van der Waals surface area (Å²) in [6, 6.07) is 5.61. The molecule has 2 N–H and O–H groups in total. The highest BCUT2D eigenvalue weighted by Gasteiger charge is 2.37. The van der Waals surface area contributed by atoms with Gasteiger partial charge in [-0.25, -0.2) is 4.39 Å². The van der Waals surface area contributed by atoms with Crippen LogP contribution in [0.2, 0.25) is 0 Å². The van der Waals surface area contributed by atoms with Gasteiger partial charge in [-0.1, -0.05) is 12.5 Å². The average Bonchev–Trinajstić information content (AvgIpc) is 3.15. The molecule has 1 aliphatic carbocycles. The Hall–Kier alpha value is -2.41. The number of carbonyl (C=O) groups excluding carboxylic acids is 2. The molecule has 2 amide bonds. The van der Waals surface area contributed by atoms with E-state index in [4.69, 9.17) is 0 Å². The molecule has 1 aliphatic heterocycles. The number of rotatable bonds is 5. The van der Waals surface area contributed by atoms with Gasteiger partial charge in [-0.05, 0) is 49.8 Å². The van der Waals surface area contributed by atoms with Gasteiger partial charge in [0.15, 0.2) is 0 Å². The molecule has 162 valence electrons. The van der Waals surface area contributed by atoms with E-state index in [-0.39, 0.29) is 17.6 Å². The largest absolute Gasteiger partial charge is 0.350 e. The number of aromatic nitrogens is 1. The van der Waals surface area contributed by atoms with E-state index in [0.717, 1.165) is 37.9 Å². The minimum atomic E-state index is -0.315. The first-order valence-corrected chi connectivity index (χ1v) is 10.9. The van der Waals surface area contributed by atoms with Gasteiger partial charge in [0.05, 0.1) is 11.6 Å². The third-order valence-electron chi connectivity index (χ3n) is 6.95. The lowest BCUT2D eigenvalue weighted by atomic mass is 9.83. The molecule has 4 rings (SSSR count). The summed E-state index contributed by atoms with van der Waals surface area (Å²) in [6.07, 6.45) is 4.52. The molecule has 0 bridgehead atoms.